The number of rotatable bonds is 10. The molecule has 11 heteroatoms. The highest BCUT2D eigenvalue weighted by Crippen LogP contribution is 2.42. The van der Waals surface area contributed by atoms with E-state index in [4.69, 9.17) is 9.47 Å². The van der Waals surface area contributed by atoms with E-state index < -0.39 is 0 Å². The predicted octanol–water partition coefficient (Wildman–Crippen LogP) is 4.18. The molecular weight excluding hydrogens is 570 g/mol. The SMILES string of the molecule is COCCCN1C(=O)COc2ccc(N(C(=O)[C@H]3CNCC[C@@H]3c3cccc(-c4cccc(-c5nn[nH]n5)c4)c3)C3CC3)cc21. The number of benzene rings is 3. The minimum absolute atomic E-state index is 0.0144. The fourth-order valence-corrected chi connectivity index (χ4v) is 6.57. The third kappa shape index (κ3) is 6.05. The first-order chi connectivity index (χ1) is 22.1. The van der Waals surface area contributed by atoms with Gasteiger partial charge in [-0.05, 0) is 84.3 Å². The number of nitrogens with zero attached hydrogens (tertiary/aromatic N) is 5. The zero-order valence-electron chi connectivity index (χ0n) is 25.3. The Morgan fingerprint density at radius 3 is 2.67 bits per heavy atom. The Labute approximate surface area is 261 Å². The standard InChI is InChI=1S/C34H37N7O4/c1-44-16-4-15-40-30-19-27(11-12-31(30)45-21-32(40)42)41(26-9-10-26)34(43)29-20-35-14-13-28(29)24-7-2-5-22(17-24)23-6-3-8-25(18-23)33-36-38-39-37-33/h2-3,5-8,11-12,17-19,26,28-29,35H,4,9-10,13-16,20-21H2,1H3,(H,36,37,38,39)/t28-,29+/m1/s1. The molecule has 3 aliphatic rings. The number of piperidine rings is 1. The van der Waals surface area contributed by atoms with Gasteiger partial charge in [-0.1, -0.05) is 42.5 Å². The highest BCUT2D eigenvalue weighted by molar-refractivity contribution is 6.01. The van der Waals surface area contributed by atoms with Crippen molar-refractivity contribution < 1.29 is 19.1 Å². The van der Waals surface area contributed by atoms with E-state index in [0.29, 0.717) is 43.4 Å². The molecule has 0 spiro atoms. The molecular formula is C34H37N7O4. The van der Waals surface area contributed by atoms with Gasteiger partial charge in [0.05, 0.1) is 11.6 Å². The molecule has 2 aliphatic heterocycles. The van der Waals surface area contributed by atoms with Crippen LogP contribution in [0.2, 0.25) is 0 Å². The molecule has 0 radical (unpaired) electrons. The normalized spacial score (nSPS) is 19.6. The molecule has 7 rings (SSSR count). The van der Waals surface area contributed by atoms with Gasteiger partial charge in [-0.25, -0.2) is 0 Å². The number of nitrogens with one attached hydrogen (secondary N) is 2. The average Bonchev–Trinajstić information content (AvgIpc) is 3.76. The quantitative estimate of drug-likeness (QED) is 0.257. The van der Waals surface area contributed by atoms with Crippen LogP contribution in [0.25, 0.3) is 22.5 Å². The van der Waals surface area contributed by atoms with E-state index in [2.05, 4.69) is 62.3 Å². The number of methoxy groups -OCH3 is 1. The van der Waals surface area contributed by atoms with Gasteiger partial charge >= 0.3 is 0 Å². The molecule has 3 heterocycles. The Morgan fingerprint density at radius 2 is 1.87 bits per heavy atom. The second-order valence-corrected chi connectivity index (χ2v) is 11.9. The van der Waals surface area contributed by atoms with Crippen molar-refractivity contribution in [3.8, 4) is 28.3 Å². The lowest BCUT2D eigenvalue weighted by molar-refractivity contribution is -0.123. The molecule has 0 unspecified atom stereocenters. The third-order valence-corrected chi connectivity index (χ3v) is 8.96. The Morgan fingerprint density at radius 1 is 1.04 bits per heavy atom. The van der Waals surface area contributed by atoms with E-state index in [1.807, 2.05) is 35.2 Å². The lowest BCUT2D eigenvalue weighted by Gasteiger charge is -2.36. The summed E-state index contributed by atoms with van der Waals surface area (Å²) < 4.78 is 11.0. The van der Waals surface area contributed by atoms with Crippen molar-refractivity contribution in [2.75, 3.05) is 49.8 Å². The Hall–Kier alpha value is -4.61. The van der Waals surface area contributed by atoms with E-state index >= 15 is 0 Å². The summed E-state index contributed by atoms with van der Waals surface area (Å²) in [6, 6.07) is 22.6. The first-order valence-electron chi connectivity index (χ1n) is 15.6. The van der Waals surface area contributed by atoms with E-state index in [0.717, 1.165) is 53.7 Å². The van der Waals surface area contributed by atoms with Crippen LogP contribution in [0.3, 0.4) is 0 Å². The molecule has 1 saturated carbocycles. The first kappa shape index (κ1) is 29.1. The minimum atomic E-state index is -0.230. The van der Waals surface area contributed by atoms with Gasteiger partial charge in [-0.3, -0.25) is 9.59 Å². The predicted molar refractivity (Wildman–Crippen MR) is 170 cm³/mol. The largest absolute Gasteiger partial charge is 0.482 e. The average molecular weight is 608 g/mol. The van der Waals surface area contributed by atoms with Gasteiger partial charge in [0.15, 0.2) is 6.61 Å². The van der Waals surface area contributed by atoms with E-state index in [-0.39, 0.29) is 36.3 Å². The van der Waals surface area contributed by atoms with Crippen molar-refractivity contribution in [2.45, 2.75) is 37.6 Å². The van der Waals surface area contributed by atoms with Crippen LogP contribution in [0.4, 0.5) is 11.4 Å². The van der Waals surface area contributed by atoms with Crippen molar-refractivity contribution in [1.29, 1.82) is 0 Å². The van der Waals surface area contributed by atoms with Crippen molar-refractivity contribution in [2.24, 2.45) is 5.92 Å². The molecule has 2 fully saturated rings. The smallest absolute Gasteiger partial charge is 0.265 e. The lowest BCUT2D eigenvalue weighted by atomic mass is 9.79. The molecule has 2 atom stereocenters. The first-order valence-corrected chi connectivity index (χ1v) is 15.6. The molecule has 232 valence electrons. The summed E-state index contributed by atoms with van der Waals surface area (Å²) in [5.74, 6) is 1.08. The number of ether oxygens (including phenoxy) is 2. The molecule has 4 aromatic rings. The van der Waals surface area contributed by atoms with Gasteiger partial charge in [0.2, 0.25) is 11.7 Å². The van der Waals surface area contributed by atoms with Gasteiger partial charge in [-0.15, -0.1) is 10.2 Å². The summed E-state index contributed by atoms with van der Waals surface area (Å²) in [6.45, 7) is 2.57. The fraction of sp³-hybridized carbons (Fsp3) is 0.382. The number of anilines is 2. The summed E-state index contributed by atoms with van der Waals surface area (Å²) in [4.78, 5) is 31.1. The highest BCUT2D eigenvalue weighted by Gasteiger charge is 2.41. The zero-order valence-corrected chi connectivity index (χ0v) is 25.3. The number of hydrogen-bond donors (Lipinski definition) is 2. The van der Waals surface area contributed by atoms with E-state index in [9.17, 15) is 9.59 Å². The number of H-pyrrole nitrogens is 1. The van der Waals surface area contributed by atoms with Gasteiger partial charge in [0, 0.05) is 44.1 Å². The Balaban J connectivity index is 1.17. The number of aromatic amines is 1. The second kappa shape index (κ2) is 12.8. The van der Waals surface area contributed by atoms with Crippen LogP contribution in [0, 0.1) is 5.92 Å². The number of aromatic nitrogens is 4. The van der Waals surface area contributed by atoms with Crippen LogP contribution in [-0.2, 0) is 14.3 Å². The van der Waals surface area contributed by atoms with Crippen LogP contribution in [0.1, 0.15) is 37.2 Å². The minimum Gasteiger partial charge on any atom is -0.482 e. The Kier molecular flexibility index (Phi) is 8.27. The summed E-state index contributed by atoms with van der Waals surface area (Å²) >= 11 is 0. The van der Waals surface area contributed by atoms with Crippen molar-refractivity contribution in [3.05, 3.63) is 72.3 Å². The topological polar surface area (TPSA) is 126 Å². The van der Waals surface area contributed by atoms with Gasteiger partial charge in [0.25, 0.3) is 5.91 Å². The third-order valence-electron chi connectivity index (χ3n) is 8.96. The monoisotopic (exact) mass is 607 g/mol. The zero-order chi connectivity index (χ0) is 30.8. The maximum absolute atomic E-state index is 14.6. The number of hydrogen-bond acceptors (Lipinski definition) is 8. The molecule has 11 nitrogen and oxygen atoms in total. The number of carbonyl (C=O) groups is 2. The number of amides is 2. The van der Waals surface area contributed by atoms with Crippen LogP contribution in [0.5, 0.6) is 5.75 Å². The van der Waals surface area contributed by atoms with Crippen molar-refractivity contribution in [1.82, 2.24) is 25.9 Å². The highest BCUT2D eigenvalue weighted by atomic mass is 16.5. The number of fused-ring (bicyclic) bond motifs is 1. The van der Waals surface area contributed by atoms with Gasteiger partial charge in [-0.2, -0.15) is 5.21 Å². The fourth-order valence-electron chi connectivity index (χ4n) is 6.57. The van der Waals surface area contributed by atoms with Crippen molar-refractivity contribution in [3.63, 3.8) is 0 Å². The van der Waals surface area contributed by atoms with E-state index in [1.165, 1.54) is 0 Å². The number of tetrazole rings is 1. The van der Waals surface area contributed by atoms with Gasteiger partial charge < -0.3 is 24.6 Å². The van der Waals surface area contributed by atoms with Crippen LogP contribution in [-0.4, -0.2) is 78.4 Å². The number of carbonyl (C=O) groups excluding carboxylic acids is 2. The van der Waals surface area contributed by atoms with Crippen LogP contribution < -0.4 is 19.9 Å². The van der Waals surface area contributed by atoms with Crippen molar-refractivity contribution >= 4 is 23.2 Å². The summed E-state index contributed by atoms with van der Waals surface area (Å²) in [5, 5.41) is 17.9. The van der Waals surface area contributed by atoms with E-state index in [1.54, 1.807) is 12.0 Å². The van der Waals surface area contributed by atoms with Crippen LogP contribution >= 0.6 is 0 Å². The molecule has 3 aromatic carbocycles. The molecule has 1 saturated heterocycles. The summed E-state index contributed by atoms with van der Waals surface area (Å²) in [7, 11) is 1.66. The summed E-state index contributed by atoms with van der Waals surface area (Å²) in [5.41, 5.74) is 5.70. The maximum Gasteiger partial charge on any atom is 0.265 e. The lowest BCUT2D eigenvalue weighted by Crippen LogP contribution is -2.47. The summed E-state index contributed by atoms with van der Waals surface area (Å²) in [6.07, 6.45) is 3.51. The molecule has 2 amide bonds. The Bertz CT molecular complexity index is 1670. The molecule has 1 aromatic heterocycles. The maximum atomic E-state index is 14.6. The van der Waals surface area contributed by atoms with Crippen LogP contribution in [0.15, 0.2) is 66.7 Å². The van der Waals surface area contributed by atoms with Gasteiger partial charge in [0.1, 0.15) is 5.75 Å². The molecule has 0 bridgehead atoms. The molecule has 1 aliphatic carbocycles. The second-order valence-electron chi connectivity index (χ2n) is 11.9. The molecule has 45 heavy (non-hydrogen) atoms. The molecule has 2 N–H and O–H groups in total.